The molecule has 1 aromatic heterocycles. The zero-order valence-corrected chi connectivity index (χ0v) is 27.5. The van der Waals surface area contributed by atoms with Crippen molar-refractivity contribution in [3.05, 3.63) is 121 Å². The standard InChI is InChI=1S/C36H33F5N8O3/c1-2-32(50)49-18-16-48(17-19-49)15-13-23-4-3-5-26(20-23)46-35-43-14-12-31(47-35)52-30-11-10-27(21-29(30)38)45-34(51)28(22-42)33(36(39,40)41)44-25-8-6-24(37)7-9-25/h2-12,14,20-22H,1,13,15-19,42H2,(H,45,51)(H,43,46,47)/b28-22+,44-33?. The highest BCUT2D eigenvalue weighted by atomic mass is 19.4. The molecule has 11 nitrogen and oxygen atoms in total. The molecule has 16 heteroatoms. The third-order valence-corrected chi connectivity index (χ3v) is 7.80. The van der Waals surface area contributed by atoms with Crippen LogP contribution < -0.4 is 21.1 Å². The zero-order chi connectivity index (χ0) is 37.3. The smallest absolute Gasteiger partial charge is 0.434 e. The summed E-state index contributed by atoms with van der Waals surface area (Å²) in [5, 5.41) is 5.27. The normalized spacial score (nSPS) is 14.1. The molecule has 2 heterocycles. The number of nitrogens with one attached hydrogen (secondary N) is 2. The summed E-state index contributed by atoms with van der Waals surface area (Å²) in [6, 6.07) is 16.1. The summed E-state index contributed by atoms with van der Waals surface area (Å²) in [4.78, 5) is 40.6. The van der Waals surface area contributed by atoms with Gasteiger partial charge >= 0.3 is 6.18 Å². The topological polar surface area (TPSA) is 138 Å². The minimum Gasteiger partial charge on any atom is -0.436 e. The van der Waals surface area contributed by atoms with Gasteiger partial charge in [-0.15, -0.1) is 0 Å². The van der Waals surface area contributed by atoms with Gasteiger partial charge in [0.2, 0.25) is 17.7 Å². The van der Waals surface area contributed by atoms with Crippen LogP contribution in [0, 0.1) is 11.6 Å². The molecule has 0 aliphatic carbocycles. The molecule has 2 amide bonds. The third-order valence-electron chi connectivity index (χ3n) is 7.80. The first kappa shape index (κ1) is 37.1. The minimum absolute atomic E-state index is 0.0152. The number of benzene rings is 3. The van der Waals surface area contributed by atoms with Gasteiger partial charge in [0, 0.05) is 68.6 Å². The Morgan fingerprint density at radius 3 is 2.40 bits per heavy atom. The lowest BCUT2D eigenvalue weighted by atomic mass is 10.1. The molecule has 1 aliphatic rings. The predicted octanol–water partition coefficient (Wildman–Crippen LogP) is 6.28. The number of nitrogens with two attached hydrogens (primary N) is 1. The van der Waals surface area contributed by atoms with Crippen molar-refractivity contribution >= 4 is 40.5 Å². The van der Waals surface area contributed by atoms with Gasteiger partial charge in [-0.25, -0.2) is 18.8 Å². The Labute approximate surface area is 295 Å². The fourth-order valence-corrected chi connectivity index (χ4v) is 5.16. The number of piperazine rings is 1. The van der Waals surface area contributed by atoms with Crippen LogP contribution in [0.25, 0.3) is 0 Å². The molecule has 0 unspecified atom stereocenters. The van der Waals surface area contributed by atoms with E-state index in [0.717, 1.165) is 68.0 Å². The van der Waals surface area contributed by atoms with Gasteiger partial charge in [0.25, 0.3) is 5.91 Å². The largest absolute Gasteiger partial charge is 0.436 e. The number of anilines is 3. The van der Waals surface area contributed by atoms with Gasteiger partial charge in [-0.1, -0.05) is 18.7 Å². The van der Waals surface area contributed by atoms with Crippen LogP contribution in [0.4, 0.5) is 45.0 Å². The molecule has 0 saturated carbocycles. The van der Waals surface area contributed by atoms with E-state index in [0.29, 0.717) is 25.0 Å². The Morgan fingerprint density at radius 2 is 1.73 bits per heavy atom. The summed E-state index contributed by atoms with van der Waals surface area (Å²) in [6.45, 7) is 7.23. The van der Waals surface area contributed by atoms with Gasteiger partial charge in [-0.05, 0) is 66.6 Å². The van der Waals surface area contributed by atoms with Crippen LogP contribution in [-0.2, 0) is 16.0 Å². The van der Waals surface area contributed by atoms with Crippen LogP contribution in [0.2, 0.25) is 0 Å². The van der Waals surface area contributed by atoms with E-state index in [-0.39, 0.29) is 34.9 Å². The van der Waals surface area contributed by atoms with Crippen LogP contribution >= 0.6 is 0 Å². The maximum Gasteiger partial charge on any atom is 0.434 e. The molecule has 270 valence electrons. The Balaban J connectivity index is 1.19. The molecular formula is C36H33F5N8O3. The minimum atomic E-state index is -5.11. The van der Waals surface area contributed by atoms with Gasteiger partial charge < -0.3 is 26.0 Å². The molecule has 0 spiro atoms. The highest BCUT2D eigenvalue weighted by Crippen LogP contribution is 2.29. The van der Waals surface area contributed by atoms with E-state index < -0.39 is 35.0 Å². The number of nitrogens with zero attached hydrogens (tertiary/aromatic N) is 5. The predicted molar refractivity (Wildman–Crippen MR) is 186 cm³/mol. The van der Waals surface area contributed by atoms with Crippen molar-refractivity contribution < 1.29 is 36.3 Å². The summed E-state index contributed by atoms with van der Waals surface area (Å²) in [5.41, 5.74) is 4.01. The van der Waals surface area contributed by atoms with Crippen molar-refractivity contribution in [3.8, 4) is 11.6 Å². The summed E-state index contributed by atoms with van der Waals surface area (Å²) < 4.78 is 75.5. The first-order valence-corrected chi connectivity index (χ1v) is 15.9. The average Bonchev–Trinajstić information content (AvgIpc) is 3.12. The van der Waals surface area contributed by atoms with Crippen molar-refractivity contribution in [1.29, 1.82) is 0 Å². The van der Waals surface area contributed by atoms with Crippen LogP contribution in [0.15, 0.2) is 108 Å². The molecule has 3 aromatic carbocycles. The van der Waals surface area contributed by atoms with Gasteiger partial charge in [-0.3, -0.25) is 14.5 Å². The van der Waals surface area contributed by atoms with Crippen LogP contribution in [0.1, 0.15) is 5.56 Å². The maximum absolute atomic E-state index is 15.1. The van der Waals surface area contributed by atoms with E-state index in [4.69, 9.17) is 10.5 Å². The Hall–Kier alpha value is -6.16. The summed E-state index contributed by atoms with van der Waals surface area (Å²) in [6.07, 6.45) is -1.17. The third kappa shape index (κ3) is 9.97. The maximum atomic E-state index is 15.1. The van der Waals surface area contributed by atoms with Crippen LogP contribution in [0.5, 0.6) is 11.6 Å². The lowest BCUT2D eigenvalue weighted by Gasteiger charge is -2.34. The van der Waals surface area contributed by atoms with Crippen LogP contribution in [0.3, 0.4) is 0 Å². The number of carbonyl (C=O) groups excluding carboxylic acids is 2. The van der Waals surface area contributed by atoms with Crippen molar-refractivity contribution in [1.82, 2.24) is 19.8 Å². The monoisotopic (exact) mass is 720 g/mol. The van der Waals surface area contributed by atoms with E-state index in [9.17, 15) is 27.2 Å². The molecule has 0 bridgehead atoms. The van der Waals surface area contributed by atoms with Gasteiger partial charge in [-0.2, -0.15) is 18.2 Å². The Bertz CT molecular complexity index is 1980. The summed E-state index contributed by atoms with van der Waals surface area (Å²) >= 11 is 0. The number of ether oxygens (including phenoxy) is 1. The number of hydrogen-bond acceptors (Lipinski definition) is 9. The Morgan fingerprint density at radius 1 is 0.981 bits per heavy atom. The van der Waals surface area contributed by atoms with Crippen molar-refractivity contribution in [2.24, 2.45) is 10.7 Å². The number of rotatable bonds is 12. The number of carbonyl (C=O) groups is 2. The molecule has 52 heavy (non-hydrogen) atoms. The average molecular weight is 721 g/mol. The molecule has 1 aliphatic heterocycles. The quantitative estimate of drug-likeness (QED) is 0.0884. The van der Waals surface area contributed by atoms with E-state index in [1.165, 1.54) is 24.4 Å². The summed E-state index contributed by atoms with van der Waals surface area (Å²) in [7, 11) is 0. The van der Waals surface area contributed by atoms with Gasteiger partial charge in [0.1, 0.15) is 5.82 Å². The van der Waals surface area contributed by atoms with E-state index in [2.05, 4.69) is 37.1 Å². The number of hydrogen-bond donors (Lipinski definition) is 3. The molecule has 1 saturated heterocycles. The highest BCUT2D eigenvalue weighted by Gasteiger charge is 2.40. The fraction of sp³-hybridized carbons (Fsp3) is 0.194. The van der Waals surface area contributed by atoms with Gasteiger partial charge in [0.05, 0.1) is 11.3 Å². The van der Waals surface area contributed by atoms with Crippen LogP contribution in [-0.4, -0.2) is 76.2 Å². The molecule has 0 radical (unpaired) electrons. The van der Waals surface area contributed by atoms with Crippen molar-refractivity contribution in [2.75, 3.05) is 43.4 Å². The van der Waals surface area contributed by atoms with Crippen molar-refractivity contribution in [2.45, 2.75) is 12.6 Å². The van der Waals surface area contributed by atoms with Crippen molar-refractivity contribution in [3.63, 3.8) is 0 Å². The second-order valence-electron chi connectivity index (χ2n) is 11.4. The fourth-order valence-electron chi connectivity index (χ4n) is 5.16. The lowest BCUT2D eigenvalue weighted by Crippen LogP contribution is -2.48. The number of halogens is 5. The van der Waals surface area contributed by atoms with E-state index >= 15 is 4.39 Å². The van der Waals surface area contributed by atoms with E-state index in [1.54, 1.807) is 4.90 Å². The first-order chi connectivity index (χ1) is 24.9. The molecule has 4 aromatic rings. The first-order valence-electron chi connectivity index (χ1n) is 15.9. The number of amides is 2. The molecular weight excluding hydrogens is 687 g/mol. The lowest BCUT2D eigenvalue weighted by molar-refractivity contribution is -0.127. The number of aromatic nitrogens is 2. The highest BCUT2D eigenvalue weighted by molar-refractivity contribution is 6.27. The van der Waals surface area contributed by atoms with E-state index in [1.807, 2.05) is 24.3 Å². The number of alkyl halides is 3. The van der Waals surface area contributed by atoms with Gasteiger partial charge in [0.15, 0.2) is 17.3 Å². The zero-order valence-electron chi connectivity index (χ0n) is 27.5. The SMILES string of the molecule is C=CC(=O)N1CCN(CCc2cccc(Nc3nccc(Oc4ccc(NC(=O)/C(=C/N)C(=Nc5ccc(F)cc5)C(F)(F)F)cc4F)n3)c2)CC1. The molecule has 5 rings (SSSR count). The Kier molecular flexibility index (Phi) is 11.9. The number of aliphatic imine (C=N–C) groups is 1. The molecule has 0 atom stereocenters. The second kappa shape index (κ2) is 16.7. The molecule has 1 fully saturated rings. The summed E-state index contributed by atoms with van der Waals surface area (Å²) in [5.74, 6) is -3.15. The molecule has 4 N–H and O–H groups in total. The second-order valence-corrected chi connectivity index (χ2v) is 11.4.